The fraction of sp³-hybridized carbons (Fsp3) is 0.250. The highest BCUT2D eigenvalue weighted by Crippen LogP contribution is 2.13. The number of hydrogen-bond donors (Lipinski definition) is 2. The van der Waals surface area contributed by atoms with Crippen molar-refractivity contribution in [3.05, 3.63) is 23.0 Å². The van der Waals surface area contributed by atoms with Crippen molar-refractivity contribution in [2.75, 3.05) is 5.32 Å². The van der Waals surface area contributed by atoms with Gasteiger partial charge in [-0.25, -0.2) is 0 Å². The first-order valence-corrected chi connectivity index (χ1v) is 5.20. The van der Waals surface area contributed by atoms with Crippen LogP contribution in [0.4, 0.5) is 5.69 Å². The quantitative estimate of drug-likeness (QED) is 0.815. The molecule has 78 valence electrons. The summed E-state index contributed by atoms with van der Waals surface area (Å²) in [5.74, 6) is -0.191. The van der Waals surface area contributed by atoms with E-state index >= 15 is 0 Å². The molecule has 0 saturated heterocycles. The first-order valence-electron chi connectivity index (χ1n) is 4.42. The Morgan fingerprint density at radius 1 is 1.67 bits per heavy atom. The zero-order valence-corrected chi connectivity index (χ0v) is 8.84. The monoisotopic (exact) mass is 223 g/mol. The van der Waals surface area contributed by atoms with Gasteiger partial charge in [0.25, 0.3) is 5.91 Å². The summed E-state index contributed by atoms with van der Waals surface area (Å²) in [5, 5.41) is 12.9. The maximum absolute atomic E-state index is 11.7. The molecule has 0 saturated carbocycles. The average molecular weight is 223 g/mol. The molecule has 1 amide bonds. The maximum atomic E-state index is 11.7. The number of nitrogens with one attached hydrogen (secondary N) is 2. The minimum absolute atomic E-state index is 0.191. The molecule has 0 spiro atoms. The fourth-order valence-electron chi connectivity index (χ4n) is 1.12. The highest BCUT2D eigenvalue weighted by Gasteiger charge is 2.15. The lowest BCUT2D eigenvalue weighted by molar-refractivity contribution is 0.102. The molecule has 7 heteroatoms. The molecule has 0 aliphatic rings. The summed E-state index contributed by atoms with van der Waals surface area (Å²) in [6.07, 6.45) is 3.85. The molecule has 2 rings (SSSR count). The molecule has 2 aromatic rings. The molecule has 0 unspecified atom stereocenters. The van der Waals surface area contributed by atoms with Crippen molar-refractivity contribution >= 4 is 23.1 Å². The van der Waals surface area contributed by atoms with E-state index in [-0.39, 0.29) is 5.91 Å². The van der Waals surface area contributed by atoms with E-state index in [0.29, 0.717) is 17.0 Å². The first kappa shape index (κ1) is 9.78. The predicted octanol–water partition coefficient (Wildman–Crippen LogP) is 1.08. The number of hydrogen-bond acceptors (Lipinski definition) is 5. The van der Waals surface area contributed by atoms with Crippen molar-refractivity contribution in [1.82, 2.24) is 19.8 Å². The van der Waals surface area contributed by atoms with Crippen LogP contribution in [0.15, 0.2) is 12.4 Å². The number of H-pyrrole nitrogens is 1. The van der Waals surface area contributed by atoms with Crippen LogP contribution in [0.5, 0.6) is 0 Å². The molecule has 15 heavy (non-hydrogen) atoms. The third-order valence-corrected chi connectivity index (χ3v) is 2.62. The Morgan fingerprint density at radius 2 is 2.53 bits per heavy atom. The van der Waals surface area contributed by atoms with Gasteiger partial charge in [0.2, 0.25) is 0 Å². The van der Waals surface area contributed by atoms with Gasteiger partial charge in [0.15, 0.2) is 0 Å². The Morgan fingerprint density at radius 3 is 3.20 bits per heavy atom. The molecular formula is C8H9N5OS. The summed E-state index contributed by atoms with van der Waals surface area (Å²) >= 11 is 1.10. The normalized spacial score (nSPS) is 10.2. The first-order chi connectivity index (χ1) is 7.31. The van der Waals surface area contributed by atoms with Crippen LogP contribution in [0.2, 0.25) is 0 Å². The van der Waals surface area contributed by atoms with Gasteiger partial charge in [-0.1, -0.05) is 11.4 Å². The van der Waals surface area contributed by atoms with Crippen LogP contribution >= 0.6 is 11.5 Å². The summed E-state index contributed by atoms with van der Waals surface area (Å²) in [6, 6.07) is 0. The highest BCUT2D eigenvalue weighted by atomic mass is 32.1. The van der Waals surface area contributed by atoms with E-state index < -0.39 is 0 Å². The van der Waals surface area contributed by atoms with Crippen LogP contribution in [0, 0.1) is 0 Å². The number of rotatable bonds is 3. The molecule has 2 N–H and O–H groups in total. The Balaban J connectivity index is 2.15. The van der Waals surface area contributed by atoms with Gasteiger partial charge in [-0.15, -0.1) is 5.10 Å². The number of aromatic amines is 1. The van der Waals surface area contributed by atoms with E-state index in [2.05, 4.69) is 25.1 Å². The second-order valence-electron chi connectivity index (χ2n) is 2.84. The molecule has 0 aromatic carbocycles. The third kappa shape index (κ3) is 2.01. The van der Waals surface area contributed by atoms with Crippen LogP contribution in [0.25, 0.3) is 0 Å². The molecule has 0 fully saturated rings. The number of carbonyl (C=O) groups excluding carboxylic acids is 1. The van der Waals surface area contributed by atoms with Crippen molar-refractivity contribution < 1.29 is 4.79 Å². The SMILES string of the molecule is CCc1nnsc1C(=O)Nc1cn[nH]c1. The van der Waals surface area contributed by atoms with E-state index in [1.165, 1.54) is 6.20 Å². The van der Waals surface area contributed by atoms with Crippen LogP contribution in [-0.4, -0.2) is 25.7 Å². The second kappa shape index (κ2) is 4.18. The number of amides is 1. The van der Waals surface area contributed by atoms with Gasteiger partial charge in [-0.3, -0.25) is 9.89 Å². The average Bonchev–Trinajstić information content (AvgIpc) is 2.86. The summed E-state index contributed by atoms with van der Waals surface area (Å²) in [6.45, 7) is 1.94. The highest BCUT2D eigenvalue weighted by molar-refractivity contribution is 7.08. The van der Waals surface area contributed by atoms with Crippen molar-refractivity contribution in [3.8, 4) is 0 Å². The molecule has 0 aliphatic heterocycles. The Bertz CT molecular complexity index is 449. The van der Waals surface area contributed by atoms with Gasteiger partial charge < -0.3 is 5.32 Å². The van der Waals surface area contributed by atoms with E-state index in [1.807, 2.05) is 6.92 Å². The molecule has 2 aromatic heterocycles. The molecule has 0 aliphatic carbocycles. The summed E-state index contributed by atoms with van der Waals surface area (Å²) in [7, 11) is 0. The maximum Gasteiger partial charge on any atom is 0.269 e. The molecule has 6 nitrogen and oxygen atoms in total. The zero-order valence-electron chi connectivity index (χ0n) is 8.02. The number of aryl methyl sites for hydroxylation is 1. The third-order valence-electron chi connectivity index (χ3n) is 1.85. The second-order valence-corrected chi connectivity index (χ2v) is 3.60. The van der Waals surface area contributed by atoms with Crippen LogP contribution in [0.1, 0.15) is 22.3 Å². The van der Waals surface area contributed by atoms with E-state index in [9.17, 15) is 4.79 Å². The lowest BCUT2D eigenvalue weighted by Gasteiger charge is -1.99. The van der Waals surface area contributed by atoms with Crippen molar-refractivity contribution in [3.63, 3.8) is 0 Å². The van der Waals surface area contributed by atoms with Crippen molar-refractivity contribution in [2.45, 2.75) is 13.3 Å². The van der Waals surface area contributed by atoms with Gasteiger partial charge in [0, 0.05) is 6.20 Å². The smallest absolute Gasteiger partial charge is 0.269 e. The van der Waals surface area contributed by atoms with Crippen LogP contribution < -0.4 is 5.32 Å². The van der Waals surface area contributed by atoms with Crippen molar-refractivity contribution in [1.29, 1.82) is 0 Å². The van der Waals surface area contributed by atoms with Gasteiger partial charge in [-0.05, 0) is 18.0 Å². The van der Waals surface area contributed by atoms with E-state index in [1.54, 1.807) is 6.20 Å². The summed E-state index contributed by atoms with van der Waals surface area (Å²) in [4.78, 5) is 12.3. The minimum Gasteiger partial charge on any atom is -0.318 e. The minimum atomic E-state index is -0.191. The van der Waals surface area contributed by atoms with Crippen molar-refractivity contribution in [2.24, 2.45) is 0 Å². The molecule has 0 atom stereocenters. The zero-order chi connectivity index (χ0) is 10.7. The number of carbonyl (C=O) groups is 1. The number of aromatic nitrogens is 4. The lowest BCUT2D eigenvalue weighted by atomic mass is 10.3. The van der Waals surface area contributed by atoms with Crippen LogP contribution in [0.3, 0.4) is 0 Å². The molecule has 0 radical (unpaired) electrons. The largest absolute Gasteiger partial charge is 0.318 e. The fourth-order valence-corrected chi connectivity index (χ4v) is 1.77. The summed E-state index contributed by atoms with van der Waals surface area (Å²) < 4.78 is 3.75. The molecule has 0 bridgehead atoms. The lowest BCUT2D eigenvalue weighted by Crippen LogP contribution is -2.11. The van der Waals surface area contributed by atoms with E-state index in [4.69, 9.17) is 0 Å². The van der Waals surface area contributed by atoms with Gasteiger partial charge >= 0.3 is 0 Å². The standard InChI is InChI=1S/C8H9N5OS/c1-2-6-7(15-13-12-6)8(14)11-5-3-9-10-4-5/h3-4H,2H2,1H3,(H,9,10)(H,11,14). The van der Waals surface area contributed by atoms with Crippen LogP contribution in [-0.2, 0) is 6.42 Å². The Labute approximate surface area is 89.9 Å². The summed E-state index contributed by atoms with van der Waals surface area (Å²) in [5.41, 5.74) is 1.36. The molecule has 2 heterocycles. The van der Waals surface area contributed by atoms with Gasteiger partial charge in [0.05, 0.1) is 17.6 Å². The molecular weight excluding hydrogens is 214 g/mol. The Hall–Kier alpha value is -1.76. The topological polar surface area (TPSA) is 83.6 Å². The predicted molar refractivity (Wildman–Crippen MR) is 55.8 cm³/mol. The van der Waals surface area contributed by atoms with E-state index in [0.717, 1.165) is 17.2 Å². The van der Waals surface area contributed by atoms with Gasteiger partial charge in [-0.2, -0.15) is 5.10 Å². The Kier molecular flexibility index (Phi) is 2.72. The van der Waals surface area contributed by atoms with Gasteiger partial charge in [0.1, 0.15) is 4.88 Å². The number of anilines is 1. The number of nitrogens with zero attached hydrogens (tertiary/aromatic N) is 3.